The highest BCUT2D eigenvalue weighted by atomic mass is 16.4. The van der Waals surface area contributed by atoms with Crippen LogP contribution in [-0.2, 0) is 23.1 Å². The van der Waals surface area contributed by atoms with Crippen LogP contribution in [-0.4, -0.2) is 95.5 Å². The van der Waals surface area contributed by atoms with Crippen LogP contribution in [0.1, 0.15) is 101 Å². The maximum Gasteiger partial charge on any atom is 0.253 e. The molecule has 1 saturated heterocycles. The summed E-state index contributed by atoms with van der Waals surface area (Å²) in [6, 6.07) is 13.6. The lowest BCUT2D eigenvalue weighted by Crippen LogP contribution is -2.46. The molecule has 0 bridgehead atoms. The summed E-state index contributed by atoms with van der Waals surface area (Å²) in [5.41, 5.74) is 4.09. The molecule has 1 N–H and O–H groups in total. The van der Waals surface area contributed by atoms with Gasteiger partial charge in [0.1, 0.15) is 11.5 Å². The van der Waals surface area contributed by atoms with Crippen LogP contribution in [0.4, 0.5) is 0 Å². The molecule has 3 amide bonds. The molecule has 2 aromatic carbocycles. The molecule has 3 aromatic rings. The number of hydrogen-bond acceptors (Lipinski definition) is 8. The molecule has 11 heteroatoms. The van der Waals surface area contributed by atoms with E-state index in [9.17, 15) is 19.6 Å². The van der Waals surface area contributed by atoms with Gasteiger partial charge < -0.3 is 24.4 Å². The first kappa shape index (κ1) is 33.3. The number of hydrogen-bond donors (Lipinski definition) is 1. The summed E-state index contributed by atoms with van der Waals surface area (Å²) >= 11 is 0. The van der Waals surface area contributed by atoms with E-state index in [4.69, 9.17) is 4.42 Å². The van der Waals surface area contributed by atoms with Gasteiger partial charge in [-0.25, -0.2) is 0 Å². The molecule has 1 unspecified atom stereocenters. The van der Waals surface area contributed by atoms with E-state index >= 15 is 0 Å². The first-order valence-corrected chi connectivity index (χ1v) is 16.8. The third kappa shape index (κ3) is 5.87. The fourth-order valence-corrected chi connectivity index (χ4v) is 7.62. The first-order valence-electron chi connectivity index (χ1n) is 16.8. The second-order valence-corrected chi connectivity index (χ2v) is 14.4. The zero-order valence-electron chi connectivity index (χ0n) is 28.9. The van der Waals surface area contributed by atoms with Crippen molar-refractivity contribution in [3.63, 3.8) is 0 Å². The smallest absolute Gasteiger partial charge is 0.253 e. The Balaban J connectivity index is 1.47. The molecule has 0 radical (unpaired) electrons. The molecular formula is C37H45N7O4. The zero-order chi connectivity index (χ0) is 34.5. The van der Waals surface area contributed by atoms with Gasteiger partial charge in [0.2, 0.25) is 17.7 Å². The summed E-state index contributed by atoms with van der Waals surface area (Å²) in [6.45, 7) is 6.15. The van der Waals surface area contributed by atoms with Crippen LogP contribution in [0.15, 0.2) is 40.8 Å². The van der Waals surface area contributed by atoms with Crippen molar-refractivity contribution in [1.82, 2.24) is 30.2 Å². The molecule has 2 aliphatic carbocycles. The lowest BCUT2D eigenvalue weighted by molar-refractivity contribution is -0.131. The molecule has 2 heterocycles. The highest BCUT2D eigenvalue weighted by molar-refractivity contribution is 5.95. The van der Waals surface area contributed by atoms with E-state index < -0.39 is 5.41 Å². The third-order valence-electron chi connectivity index (χ3n) is 10.2. The number of carbonyl (C=O) groups is 3. The van der Waals surface area contributed by atoms with Crippen LogP contribution in [0.5, 0.6) is 0 Å². The molecule has 6 rings (SSSR count). The quantitative estimate of drug-likeness (QED) is 0.368. The van der Waals surface area contributed by atoms with E-state index in [1.165, 1.54) is 0 Å². The average molecular weight is 652 g/mol. The van der Waals surface area contributed by atoms with Crippen molar-refractivity contribution in [2.45, 2.75) is 82.3 Å². The van der Waals surface area contributed by atoms with Crippen LogP contribution in [0.2, 0.25) is 0 Å². The summed E-state index contributed by atoms with van der Waals surface area (Å²) in [5, 5.41) is 22.3. The molecule has 11 nitrogen and oxygen atoms in total. The predicted octanol–water partition coefficient (Wildman–Crippen LogP) is 3.91. The Morgan fingerprint density at radius 3 is 2.04 bits per heavy atom. The number of nitrogens with one attached hydrogen (secondary N) is 1. The van der Waals surface area contributed by atoms with Crippen molar-refractivity contribution in [1.29, 1.82) is 5.26 Å². The second kappa shape index (κ2) is 12.8. The van der Waals surface area contributed by atoms with E-state index in [0.29, 0.717) is 48.1 Å². The fourth-order valence-electron chi connectivity index (χ4n) is 7.62. The summed E-state index contributed by atoms with van der Waals surface area (Å²) in [6.07, 6.45) is 3.45. The molecule has 4 atom stereocenters. The number of likely N-dealkylation sites (tertiary alicyclic amines) is 1. The molecular weight excluding hydrogens is 606 g/mol. The van der Waals surface area contributed by atoms with Crippen molar-refractivity contribution < 1.29 is 18.8 Å². The number of nitriles is 1. The zero-order valence-corrected chi connectivity index (χ0v) is 28.9. The number of benzene rings is 2. The monoisotopic (exact) mass is 651 g/mol. The average Bonchev–Trinajstić information content (AvgIpc) is 3.48. The molecule has 3 aliphatic rings. The van der Waals surface area contributed by atoms with Crippen molar-refractivity contribution in [3.05, 3.63) is 81.6 Å². The number of amides is 3. The topological polar surface area (TPSA) is 136 Å². The van der Waals surface area contributed by atoms with Gasteiger partial charge in [0.05, 0.1) is 12.6 Å². The van der Waals surface area contributed by atoms with Crippen molar-refractivity contribution in [3.8, 4) is 6.07 Å². The standard InChI is InChI=1S/C37H45N7O4/c1-21(2)33-40-41-36(48-33)37(18-22(3)39-20-32(45)44-28(19-38)16-27-17-31(27)44)29-12-10-25(34(46)42(4)5)14-23(29)8-9-24-15-26(11-13-30(24)37)35(47)43(6)7/h10-15,21-22,27-28,31,39H,8-9,16-18,20H2,1-7H3/t22-,27+,28?,31-/m0/s1. The summed E-state index contributed by atoms with van der Waals surface area (Å²) in [7, 11) is 6.95. The number of rotatable bonds is 9. The number of fused-ring (bicyclic) bond motifs is 3. The van der Waals surface area contributed by atoms with Crippen LogP contribution in [0.3, 0.4) is 0 Å². The first-order chi connectivity index (χ1) is 22.8. The van der Waals surface area contributed by atoms with Gasteiger partial charge in [0, 0.05) is 57.3 Å². The lowest BCUT2D eigenvalue weighted by atomic mass is 9.68. The minimum Gasteiger partial charge on any atom is -0.424 e. The van der Waals surface area contributed by atoms with Crippen molar-refractivity contribution in [2.24, 2.45) is 5.92 Å². The SMILES string of the molecule is CC(C)c1nnc(C2(C[C@H](C)NCC(=O)N3C(C#N)C[C@@H]4C[C@@H]43)c3ccc(C(=O)N(C)C)cc3CCc3cc(C(=O)N(C)C)ccc32)o1. The van der Waals surface area contributed by atoms with E-state index in [0.717, 1.165) is 35.1 Å². The Morgan fingerprint density at radius 2 is 1.54 bits per heavy atom. The Kier molecular flexibility index (Phi) is 8.90. The van der Waals surface area contributed by atoms with Gasteiger partial charge in [-0.2, -0.15) is 5.26 Å². The number of nitrogens with zero attached hydrogens (tertiary/aromatic N) is 6. The van der Waals surface area contributed by atoms with Gasteiger partial charge >= 0.3 is 0 Å². The van der Waals surface area contributed by atoms with Crippen LogP contribution in [0.25, 0.3) is 0 Å². The fraction of sp³-hybridized carbons (Fsp3) is 0.514. The third-order valence-corrected chi connectivity index (χ3v) is 10.2. The van der Waals surface area contributed by atoms with Crippen LogP contribution in [0, 0.1) is 17.2 Å². The second-order valence-electron chi connectivity index (χ2n) is 14.4. The number of aryl methyl sites for hydroxylation is 2. The van der Waals surface area contributed by atoms with Gasteiger partial charge in [-0.15, -0.1) is 10.2 Å². The number of piperidine rings is 1. The van der Waals surface area contributed by atoms with E-state index in [2.05, 4.69) is 21.6 Å². The normalized spacial score (nSPS) is 21.0. The molecule has 1 saturated carbocycles. The molecule has 1 aromatic heterocycles. The van der Waals surface area contributed by atoms with Crippen LogP contribution >= 0.6 is 0 Å². The van der Waals surface area contributed by atoms with Gasteiger partial charge in [-0.05, 0) is 91.5 Å². The summed E-state index contributed by atoms with van der Waals surface area (Å²) < 4.78 is 6.53. The van der Waals surface area contributed by atoms with E-state index in [1.807, 2.05) is 57.2 Å². The largest absolute Gasteiger partial charge is 0.424 e. The molecule has 2 fully saturated rings. The molecule has 252 valence electrons. The number of carbonyl (C=O) groups excluding carboxylic acids is 3. The summed E-state index contributed by atoms with van der Waals surface area (Å²) in [4.78, 5) is 44.6. The maximum atomic E-state index is 13.4. The summed E-state index contributed by atoms with van der Waals surface area (Å²) in [5.74, 6) is 1.15. The molecule has 1 aliphatic heterocycles. The Morgan fingerprint density at radius 1 is 0.958 bits per heavy atom. The Bertz CT molecular complexity index is 1720. The predicted molar refractivity (Wildman–Crippen MR) is 179 cm³/mol. The Labute approximate surface area is 282 Å². The van der Waals surface area contributed by atoms with Crippen molar-refractivity contribution in [2.75, 3.05) is 34.7 Å². The van der Waals surface area contributed by atoms with E-state index in [-0.39, 0.29) is 48.3 Å². The van der Waals surface area contributed by atoms with Gasteiger partial charge in [-0.3, -0.25) is 14.4 Å². The highest BCUT2D eigenvalue weighted by Crippen LogP contribution is 2.49. The lowest BCUT2D eigenvalue weighted by Gasteiger charge is -2.36. The van der Waals surface area contributed by atoms with E-state index in [1.54, 1.807) is 42.9 Å². The minimum absolute atomic E-state index is 0.00107. The maximum absolute atomic E-state index is 13.4. The molecule has 48 heavy (non-hydrogen) atoms. The highest BCUT2D eigenvalue weighted by Gasteiger charge is 2.54. The van der Waals surface area contributed by atoms with Gasteiger partial charge in [0.25, 0.3) is 11.8 Å². The Hall–Kier alpha value is -4.56. The minimum atomic E-state index is -0.958. The van der Waals surface area contributed by atoms with Gasteiger partial charge in [0.15, 0.2) is 0 Å². The van der Waals surface area contributed by atoms with Crippen molar-refractivity contribution >= 4 is 17.7 Å². The van der Waals surface area contributed by atoms with Crippen LogP contribution < -0.4 is 5.32 Å². The number of aromatic nitrogens is 2. The van der Waals surface area contributed by atoms with Gasteiger partial charge in [-0.1, -0.05) is 26.0 Å². The molecule has 0 spiro atoms.